The molecule has 14 heavy (non-hydrogen) atoms. The molecule has 2 nitrogen and oxygen atoms in total. The van der Waals surface area contributed by atoms with E-state index in [0.717, 1.165) is 25.5 Å². The zero-order valence-corrected chi connectivity index (χ0v) is 8.07. The van der Waals surface area contributed by atoms with Gasteiger partial charge in [-0.3, -0.25) is 0 Å². The number of aromatic hydroxyl groups is 1. The second-order valence-electron chi connectivity index (χ2n) is 3.87. The van der Waals surface area contributed by atoms with Crippen LogP contribution in [0.25, 0.3) is 0 Å². The van der Waals surface area contributed by atoms with E-state index in [4.69, 9.17) is 0 Å². The zero-order valence-electron chi connectivity index (χ0n) is 8.07. The average molecular weight is 190 g/mol. The van der Waals surface area contributed by atoms with Crippen LogP contribution in [-0.4, -0.2) is 11.4 Å². The molecule has 0 heterocycles. The molecule has 0 radical (unpaired) electrons. The predicted octanol–water partition coefficient (Wildman–Crippen LogP) is 2.40. The number of phenols is 1. The lowest BCUT2D eigenvalue weighted by molar-refractivity contribution is -0.108. The molecule has 1 aliphatic carbocycles. The lowest BCUT2D eigenvalue weighted by Crippen LogP contribution is -2.09. The van der Waals surface area contributed by atoms with Crippen LogP contribution in [0.5, 0.6) is 5.75 Å². The van der Waals surface area contributed by atoms with Gasteiger partial charge in [0.25, 0.3) is 0 Å². The molecular formula is C12H14O2. The third kappa shape index (κ3) is 1.65. The highest BCUT2D eigenvalue weighted by atomic mass is 16.3. The van der Waals surface area contributed by atoms with Gasteiger partial charge in [0.1, 0.15) is 12.0 Å². The molecule has 0 aromatic heterocycles. The van der Waals surface area contributed by atoms with Crippen molar-refractivity contribution in [2.75, 3.05) is 0 Å². The summed E-state index contributed by atoms with van der Waals surface area (Å²) in [5, 5.41) is 9.33. The van der Waals surface area contributed by atoms with Gasteiger partial charge in [-0.25, -0.2) is 0 Å². The highest BCUT2D eigenvalue weighted by Gasteiger charge is 2.19. The molecule has 0 fully saturated rings. The summed E-state index contributed by atoms with van der Waals surface area (Å²) in [5.41, 5.74) is 2.46. The summed E-state index contributed by atoms with van der Waals surface area (Å²) in [5.74, 6) is 0.701. The van der Waals surface area contributed by atoms with Gasteiger partial charge in [0.15, 0.2) is 0 Å². The van der Waals surface area contributed by atoms with E-state index < -0.39 is 0 Å². The molecule has 0 amide bonds. The molecule has 1 atom stereocenters. The Balaban J connectivity index is 2.34. The van der Waals surface area contributed by atoms with Gasteiger partial charge in [-0.15, -0.1) is 0 Å². The van der Waals surface area contributed by atoms with Crippen LogP contribution < -0.4 is 0 Å². The van der Waals surface area contributed by atoms with Gasteiger partial charge in [-0.2, -0.15) is 0 Å². The van der Waals surface area contributed by atoms with Crippen molar-refractivity contribution in [2.24, 2.45) is 0 Å². The van der Waals surface area contributed by atoms with Crippen molar-refractivity contribution < 1.29 is 9.90 Å². The lowest BCUT2D eigenvalue weighted by Gasteiger charge is -2.23. The molecular weight excluding hydrogens is 176 g/mol. The van der Waals surface area contributed by atoms with Crippen LogP contribution in [0.4, 0.5) is 0 Å². The van der Waals surface area contributed by atoms with E-state index in [1.807, 2.05) is 12.1 Å². The lowest BCUT2D eigenvalue weighted by atomic mass is 9.81. The molecule has 0 saturated carbocycles. The first kappa shape index (κ1) is 9.25. The number of hydrogen-bond acceptors (Lipinski definition) is 2. The van der Waals surface area contributed by atoms with Crippen LogP contribution >= 0.6 is 0 Å². The van der Waals surface area contributed by atoms with E-state index >= 15 is 0 Å². The monoisotopic (exact) mass is 190 g/mol. The van der Waals surface area contributed by atoms with Gasteiger partial charge in [0, 0.05) is 6.42 Å². The van der Waals surface area contributed by atoms with E-state index in [-0.39, 0.29) is 0 Å². The smallest absolute Gasteiger partial charge is 0.120 e. The van der Waals surface area contributed by atoms with Crippen molar-refractivity contribution in [1.29, 1.82) is 0 Å². The minimum atomic E-state index is 0.329. The molecule has 74 valence electrons. The number of carbonyl (C=O) groups is 1. The van der Waals surface area contributed by atoms with Gasteiger partial charge in [0.2, 0.25) is 0 Å². The van der Waals surface area contributed by atoms with Crippen LogP contribution in [-0.2, 0) is 11.2 Å². The van der Waals surface area contributed by atoms with Crippen LogP contribution in [0.15, 0.2) is 18.2 Å². The van der Waals surface area contributed by atoms with E-state index in [0.29, 0.717) is 18.1 Å². The molecule has 0 saturated heterocycles. The Kier molecular flexibility index (Phi) is 2.53. The molecule has 0 aliphatic heterocycles. The minimum Gasteiger partial charge on any atom is -0.508 e. The van der Waals surface area contributed by atoms with Crippen molar-refractivity contribution in [3.63, 3.8) is 0 Å². The summed E-state index contributed by atoms with van der Waals surface area (Å²) in [7, 11) is 0. The molecule has 1 aromatic rings. The third-order valence-electron chi connectivity index (χ3n) is 2.95. The Morgan fingerprint density at radius 3 is 3.14 bits per heavy atom. The first-order chi connectivity index (χ1) is 6.81. The molecule has 0 bridgehead atoms. The normalized spacial score (nSPS) is 20.1. The molecule has 2 heteroatoms. The van der Waals surface area contributed by atoms with E-state index in [1.165, 1.54) is 11.1 Å². The summed E-state index contributed by atoms with van der Waals surface area (Å²) in [6, 6.07) is 5.49. The first-order valence-electron chi connectivity index (χ1n) is 5.06. The Labute approximate surface area is 83.6 Å². The van der Waals surface area contributed by atoms with Crippen molar-refractivity contribution in [3.8, 4) is 5.75 Å². The minimum absolute atomic E-state index is 0.329. The topological polar surface area (TPSA) is 37.3 Å². The summed E-state index contributed by atoms with van der Waals surface area (Å²) in [4.78, 5) is 10.5. The fourth-order valence-corrected chi connectivity index (χ4v) is 2.26. The van der Waals surface area contributed by atoms with Gasteiger partial charge in [-0.1, -0.05) is 6.07 Å². The van der Waals surface area contributed by atoms with Crippen LogP contribution in [0.1, 0.15) is 36.3 Å². The van der Waals surface area contributed by atoms with Crippen LogP contribution in [0, 0.1) is 0 Å². The van der Waals surface area contributed by atoms with E-state index in [2.05, 4.69) is 0 Å². The van der Waals surface area contributed by atoms with Crippen molar-refractivity contribution in [1.82, 2.24) is 0 Å². The molecule has 2 rings (SSSR count). The number of fused-ring (bicyclic) bond motifs is 1. The fourth-order valence-electron chi connectivity index (χ4n) is 2.26. The largest absolute Gasteiger partial charge is 0.508 e. The van der Waals surface area contributed by atoms with Crippen LogP contribution in [0.2, 0.25) is 0 Å². The highest BCUT2D eigenvalue weighted by Crippen LogP contribution is 2.34. The molecule has 1 aromatic carbocycles. The maximum atomic E-state index is 10.5. The third-order valence-corrected chi connectivity index (χ3v) is 2.95. The van der Waals surface area contributed by atoms with E-state index in [1.54, 1.807) is 6.07 Å². The first-order valence-corrected chi connectivity index (χ1v) is 5.06. The molecule has 0 spiro atoms. The van der Waals surface area contributed by atoms with Crippen molar-refractivity contribution >= 4 is 6.29 Å². The van der Waals surface area contributed by atoms with Gasteiger partial charge in [0.05, 0.1) is 0 Å². The Bertz CT molecular complexity index is 344. The Hall–Kier alpha value is -1.31. The molecule has 1 aliphatic rings. The molecule has 1 unspecified atom stereocenters. The fraction of sp³-hybridized carbons (Fsp3) is 0.417. The van der Waals surface area contributed by atoms with Gasteiger partial charge < -0.3 is 9.90 Å². The SMILES string of the molecule is O=CCC1CCCc2cc(O)ccc21. The maximum Gasteiger partial charge on any atom is 0.120 e. The molecule has 1 N–H and O–H groups in total. The van der Waals surface area contributed by atoms with Crippen molar-refractivity contribution in [3.05, 3.63) is 29.3 Å². The highest BCUT2D eigenvalue weighted by molar-refractivity contribution is 5.53. The summed E-state index contributed by atoms with van der Waals surface area (Å²) in [6.45, 7) is 0. The number of benzene rings is 1. The number of hydrogen-bond donors (Lipinski definition) is 1. The van der Waals surface area contributed by atoms with Gasteiger partial charge in [-0.05, 0) is 48.4 Å². The quantitative estimate of drug-likeness (QED) is 0.727. The van der Waals surface area contributed by atoms with Crippen molar-refractivity contribution in [2.45, 2.75) is 31.6 Å². The Morgan fingerprint density at radius 2 is 2.36 bits per heavy atom. The predicted molar refractivity (Wildman–Crippen MR) is 54.5 cm³/mol. The standard InChI is InChI=1S/C12H14O2/c13-7-6-9-2-1-3-10-8-11(14)4-5-12(9)10/h4-5,7-9,14H,1-3,6H2. The second-order valence-corrected chi connectivity index (χ2v) is 3.87. The van der Waals surface area contributed by atoms with Gasteiger partial charge >= 0.3 is 0 Å². The maximum absolute atomic E-state index is 10.5. The Morgan fingerprint density at radius 1 is 1.50 bits per heavy atom. The number of carbonyl (C=O) groups excluding carboxylic acids is 1. The second kappa shape index (κ2) is 3.82. The number of aldehydes is 1. The van der Waals surface area contributed by atoms with Crippen LogP contribution in [0.3, 0.4) is 0 Å². The number of phenolic OH excluding ortho intramolecular Hbond substituents is 1. The zero-order chi connectivity index (χ0) is 9.97. The summed E-state index contributed by atoms with van der Waals surface area (Å²) in [6.07, 6.45) is 4.84. The average Bonchev–Trinajstić information content (AvgIpc) is 2.18. The van der Waals surface area contributed by atoms with E-state index in [9.17, 15) is 9.90 Å². The number of aryl methyl sites for hydroxylation is 1. The summed E-state index contributed by atoms with van der Waals surface area (Å²) >= 11 is 0. The number of rotatable bonds is 2. The summed E-state index contributed by atoms with van der Waals surface area (Å²) < 4.78 is 0.